The van der Waals surface area contributed by atoms with Crippen LogP contribution >= 0.6 is 23.1 Å². The largest absolute Gasteiger partial charge is 0.352 e. The van der Waals surface area contributed by atoms with Crippen molar-refractivity contribution in [3.05, 3.63) is 27.8 Å². The Balaban J connectivity index is 1.50. The third-order valence-corrected chi connectivity index (χ3v) is 6.27. The van der Waals surface area contributed by atoms with Crippen molar-refractivity contribution in [3.63, 3.8) is 0 Å². The first kappa shape index (κ1) is 15.8. The van der Waals surface area contributed by atoms with Crippen molar-refractivity contribution >= 4 is 34.8 Å². The van der Waals surface area contributed by atoms with Gasteiger partial charge in [-0.25, -0.2) is 15.0 Å². The molecule has 0 aliphatic carbocycles. The van der Waals surface area contributed by atoms with Crippen LogP contribution in [0.3, 0.4) is 0 Å². The van der Waals surface area contributed by atoms with Crippen LogP contribution < -0.4 is 4.90 Å². The highest BCUT2D eigenvalue weighted by Crippen LogP contribution is 2.36. The molecule has 0 saturated carbocycles. The summed E-state index contributed by atoms with van der Waals surface area (Å²) >= 11 is 3.05. The number of carbonyl (C=O) groups is 1. The van der Waals surface area contributed by atoms with Crippen molar-refractivity contribution in [3.8, 4) is 0 Å². The van der Waals surface area contributed by atoms with E-state index in [0.717, 1.165) is 46.1 Å². The lowest BCUT2D eigenvalue weighted by atomic mass is 9.87. The first-order chi connectivity index (χ1) is 11.6. The lowest BCUT2D eigenvalue weighted by Gasteiger charge is -2.56. The molecule has 0 aromatic carbocycles. The van der Waals surface area contributed by atoms with E-state index in [1.165, 1.54) is 11.3 Å². The highest BCUT2D eigenvalue weighted by Gasteiger charge is 2.48. The Morgan fingerprint density at radius 2 is 2.04 bits per heavy atom. The number of rotatable bonds is 3. The molecule has 6 nitrogen and oxygen atoms in total. The predicted octanol–water partition coefficient (Wildman–Crippen LogP) is 2.38. The zero-order valence-corrected chi connectivity index (χ0v) is 15.5. The van der Waals surface area contributed by atoms with Crippen LogP contribution in [0, 0.1) is 13.8 Å². The molecule has 0 N–H and O–H groups in total. The van der Waals surface area contributed by atoms with E-state index < -0.39 is 0 Å². The van der Waals surface area contributed by atoms with Crippen molar-refractivity contribution in [2.75, 3.05) is 24.2 Å². The molecule has 2 aromatic rings. The maximum Gasteiger partial charge on any atom is 0.266 e. The quantitative estimate of drug-likeness (QED) is 0.618. The SMILES string of the molecule is CSc1nccc(N2CC3CC(C2)N3C(=O)c2sc(C)nc2C)n1. The topological polar surface area (TPSA) is 62.2 Å². The molecule has 5 rings (SSSR count). The zero-order chi connectivity index (χ0) is 16.8. The summed E-state index contributed by atoms with van der Waals surface area (Å²) in [6, 6.07) is 2.49. The van der Waals surface area contributed by atoms with Gasteiger partial charge in [0.2, 0.25) is 0 Å². The third-order valence-electron chi connectivity index (χ3n) is 4.65. The van der Waals surface area contributed by atoms with Gasteiger partial charge in [0.1, 0.15) is 10.7 Å². The lowest BCUT2D eigenvalue weighted by molar-refractivity contribution is 0.00610. The highest BCUT2D eigenvalue weighted by molar-refractivity contribution is 7.98. The molecule has 126 valence electrons. The van der Waals surface area contributed by atoms with Crippen LogP contribution in [0.4, 0.5) is 5.82 Å². The second-order valence-corrected chi connectivity index (χ2v) is 8.19. The molecule has 0 radical (unpaired) electrons. The maximum absolute atomic E-state index is 12.9. The molecule has 3 aliphatic heterocycles. The fourth-order valence-corrected chi connectivity index (χ4v) is 4.80. The molecule has 2 aromatic heterocycles. The fourth-order valence-electron chi connectivity index (χ4n) is 3.58. The van der Waals surface area contributed by atoms with Crippen molar-refractivity contribution in [2.24, 2.45) is 0 Å². The number of amides is 1. The number of thioether (sulfide) groups is 1. The second kappa shape index (κ2) is 6.00. The Hall–Kier alpha value is -1.67. The van der Waals surface area contributed by atoms with E-state index in [2.05, 4.69) is 19.9 Å². The van der Waals surface area contributed by atoms with Gasteiger partial charge in [0.15, 0.2) is 5.16 Å². The Labute approximate surface area is 149 Å². The number of piperazine rings is 1. The van der Waals surface area contributed by atoms with E-state index in [1.807, 2.05) is 31.1 Å². The number of fused-ring (bicyclic) bond motifs is 2. The van der Waals surface area contributed by atoms with E-state index >= 15 is 0 Å². The Kier molecular flexibility index (Phi) is 3.96. The van der Waals surface area contributed by atoms with Gasteiger partial charge in [-0.3, -0.25) is 4.79 Å². The molecule has 3 saturated heterocycles. The van der Waals surface area contributed by atoms with E-state index in [1.54, 1.807) is 18.0 Å². The third kappa shape index (κ3) is 2.57. The van der Waals surface area contributed by atoms with Gasteiger partial charge in [-0.15, -0.1) is 11.3 Å². The fraction of sp³-hybridized carbons (Fsp3) is 0.500. The molecule has 5 heterocycles. The summed E-state index contributed by atoms with van der Waals surface area (Å²) in [6.45, 7) is 5.54. The van der Waals surface area contributed by atoms with Gasteiger partial charge in [-0.2, -0.15) is 0 Å². The molecule has 24 heavy (non-hydrogen) atoms. The van der Waals surface area contributed by atoms with E-state index in [4.69, 9.17) is 0 Å². The standard InChI is InChI=1S/C16H19N5OS2/c1-9-14(24-10(2)18-9)15(22)21-11-6-12(21)8-20(7-11)13-4-5-17-16(19-13)23-3/h4-5,11-12H,6-8H2,1-3H3. The van der Waals surface area contributed by atoms with Crippen molar-refractivity contribution in [1.82, 2.24) is 19.9 Å². The molecule has 2 bridgehead atoms. The van der Waals surface area contributed by atoms with Crippen LogP contribution in [0.25, 0.3) is 0 Å². The van der Waals surface area contributed by atoms with Crippen LogP contribution in [-0.4, -0.2) is 57.2 Å². The number of thiazole rings is 1. The summed E-state index contributed by atoms with van der Waals surface area (Å²) < 4.78 is 0. The zero-order valence-electron chi connectivity index (χ0n) is 13.9. The van der Waals surface area contributed by atoms with Gasteiger partial charge in [-0.1, -0.05) is 11.8 Å². The highest BCUT2D eigenvalue weighted by atomic mass is 32.2. The van der Waals surface area contributed by atoms with E-state index in [-0.39, 0.29) is 18.0 Å². The van der Waals surface area contributed by atoms with Crippen LogP contribution in [0.15, 0.2) is 17.4 Å². The molecular weight excluding hydrogens is 342 g/mol. The number of hydrogen-bond donors (Lipinski definition) is 0. The first-order valence-corrected chi connectivity index (χ1v) is 9.99. The van der Waals surface area contributed by atoms with Crippen LogP contribution in [0.1, 0.15) is 26.8 Å². The average molecular weight is 361 g/mol. The summed E-state index contributed by atoms with van der Waals surface area (Å²) in [5, 5.41) is 1.74. The number of aromatic nitrogens is 3. The number of piperidine rings is 1. The number of carbonyl (C=O) groups excluding carboxylic acids is 1. The van der Waals surface area contributed by atoms with Gasteiger partial charge in [0, 0.05) is 19.3 Å². The minimum Gasteiger partial charge on any atom is -0.352 e. The van der Waals surface area contributed by atoms with Crippen molar-refractivity contribution in [2.45, 2.75) is 37.5 Å². The molecule has 1 amide bonds. The maximum atomic E-state index is 12.9. The molecule has 3 fully saturated rings. The van der Waals surface area contributed by atoms with Crippen molar-refractivity contribution in [1.29, 1.82) is 0 Å². The van der Waals surface area contributed by atoms with Crippen LogP contribution in [-0.2, 0) is 0 Å². The second-order valence-electron chi connectivity index (χ2n) is 6.21. The van der Waals surface area contributed by atoms with E-state index in [0.29, 0.717) is 0 Å². The summed E-state index contributed by atoms with van der Waals surface area (Å²) in [4.78, 5) is 31.2. The molecule has 8 heteroatoms. The lowest BCUT2D eigenvalue weighted by Crippen LogP contribution is -2.70. The van der Waals surface area contributed by atoms with Crippen molar-refractivity contribution < 1.29 is 4.79 Å². The first-order valence-electron chi connectivity index (χ1n) is 7.95. The summed E-state index contributed by atoms with van der Waals surface area (Å²) in [7, 11) is 0. The normalized spacial score (nSPS) is 22.5. The van der Waals surface area contributed by atoms with Gasteiger partial charge >= 0.3 is 0 Å². The molecule has 3 aliphatic rings. The molecule has 2 atom stereocenters. The van der Waals surface area contributed by atoms with Gasteiger partial charge in [0.05, 0.1) is 22.8 Å². The number of nitrogens with zero attached hydrogens (tertiary/aromatic N) is 5. The average Bonchev–Trinajstić information content (AvgIpc) is 2.93. The molecular formula is C16H19N5OS2. The number of anilines is 1. The Morgan fingerprint density at radius 3 is 2.67 bits per heavy atom. The number of hydrogen-bond acceptors (Lipinski definition) is 7. The van der Waals surface area contributed by atoms with E-state index in [9.17, 15) is 4.79 Å². The van der Waals surface area contributed by atoms with Crippen LogP contribution in [0.2, 0.25) is 0 Å². The molecule has 0 spiro atoms. The summed E-state index contributed by atoms with van der Waals surface area (Å²) in [5.41, 5.74) is 0.852. The Morgan fingerprint density at radius 1 is 1.29 bits per heavy atom. The monoisotopic (exact) mass is 361 g/mol. The van der Waals surface area contributed by atoms with Gasteiger partial charge < -0.3 is 9.80 Å². The Bertz CT molecular complexity index is 781. The summed E-state index contributed by atoms with van der Waals surface area (Å²) in [6.07, 6.45) is 4.87. The van der Waals surface area contributed by atoms with Gasteiger partial charge in [0.25, 0.3) is 5.91 Å². The minimum absolute atomic E-state index is 0.145. The predicted molar refractivity (Wildman–Crippen MR) is 96.0 cm³/mol. The van der Waals surface area contributed by atoms with Gasteiger partial charge in [-0.05, 0) is 32.6 Å². The minimum atomic E-state index is 0.145. The number of aryl methyl sites for hydroxylation is 2. The smallest absolute Gasteiger partial charge is 0.266 e. The van der Waals surface area contributed by atoms with Crippen LogP contribution in [0.5, 0.6) is 0 Å². The summed E-state index contributed by atoms with van der Waals surface area (Å²) in [5.74, 6) is 1.10. The molecule has 2 unspecified atom stereocenters.